The summed E-state index contributed by atoms with van der Waals surface area (Å²) in [6.07, 6.45) is 3.47. The van der Waals surface area contributed by atoms with Crippen LogP contribution in [0.5, 0.6) is 0 Å². The highest BCUT2D eigenvalue weighted by Crippen LogP contribution is 2.65. The molecule has 3 N–H and O–H groups in total. The second-order valence-corrected chi connectivity index (χ2v) is 9.90. The van der Waals surface area contributed by atoms with Crippen LogP contribution in [0.1, 0.15) is 35.7 Å². The Morgan fingerprint density at radius 1 is 1.25 bits per heavy atom. The molecule has 1 saturated carbocycles. The maximum atomic E-state index is 14.8. The van der Waals surface area contributed by atoms with Gasteiger partial charge in [-0.2, -0.15) is 5.10 Å². The van der Waals surface area contributed by atoms with Crippen LogP contribution in [-0.4, -0.2) is 39.2 Å². The Morgan fingerprint density at radius 3 is 2.81 bits per heavy atom. The van der Waals surface area contributed by atoms with Crippen LogP contribution in [0.15, 0.2) is 42.6 Å². The lowest BCUT2D eigenvalue weighted by molar-refractivity contribution is 0.1000. The number of piperidine rings is 1. The van der Waals surface area contributed by atoms with Gasteiger partial charge in [-0.3, -0.25) is 9.89 Å². The van der Waals surface area contributed by atoms with Crippen LogP contribution in [0.3, 0.4) is 0 Å². The number of carbonyl (C=O) groups excluding carboxylic acids is 1. The van der Waals surface area contributed by atoms with Crippen molar-refractivity contribution in [3.8, 4) is 11.3 Å². The molecule has 1 saturated heterocycles. The van der Waals surface area contributed by atoms with Crippen LogP contribution in [0.2, 0.25) is 5.02 Å². The largest absolute Gasteiger partial charge is 0.366 e. The summed E-state index contributed by atoms with van der Waals surface area (Å²) >= 11 is 6.13. The van der Waals surface area contributed by atoms with Crippen molar-refractivity contribution in [1.82, 2.24) is 20.2 Å². The Hall–Kier alpha value is -3.59. The first-order valence-electron chi connectivity index (χ1n) is 11.9. The first kappa shape index (κ1) is 22.8. The number of halogens is 3. The molecule has 0 spiro atoms. The van der Waals surface area contributed by atoms with E-state index in [2.05, 4.69) is 32.0 Å². The van der Waals surface area contributed by atoms with Gasteiger partial charge in [0.25, 0.3) is 0 Å². The van der Waals surface area contributed by atoms with Crippen molar-refractivity contribution in [2.75, 3.05) is 18.0 Å². The maximum absolute atomic E-state index is 14.8. The van der Waals surface area contributed by atoms with E-state index in [1.165, 1.54) is 6.07 Å². The SMILES string of the molecule is CC[C@]1(c2ccccc2F)[C@@H]2CCN(c3cnc4c(-c5cc(Cl)c(C(N)=O)cc5F)[nH]nc4n3)C[C@@H]21. The summed E-state index contributed by atoms with van der Waals surface area (Å²) in [7, 11) is 0. The lowest BCUT2D eigenvalue weighted by Gasteiger charge is -2.26. The molecule has 2 fully saturated rings. The normalized spacial score (nSPS) is 23.1. The number of hydrogen-bond donors (Lipinski definition) is 2. The monoisotopic (exact) mass is 508 g/mol. The molecule has 1 amide bonds. The van der Waals surface area contributed by atoms with Crippen LogP contribution < -0.4 is 10.6 Å². The number of aromatic amines is 1. The van der Waals surface area contributed by atoms with Crippen molar-refractivity contribution in [1.29, 1.82) is 0 Å². The van der Waals surface area contributed by atoms with Gasteiger partial charge in [0.2, 0.25) is 11.6 Å². The van der Waals surface area contributed by atoms with E-state index in [-0.39, 0.29) is 27.4 Å². The molecule has 2 aromatic carbocycles. The Morgan fingerprint density at radius 2 is 2.06 bits per heavy atom. The number of primary amides is 1. The molecular formula is C26H23ClF2N6O. The van der Waals surface area contributed by atoms with E-state index < -0.39 is 11.7 Å². The number of aromatic nitrogens is 4. The fraction of sp³-hybridized carbons (Fsp3) is 0.308. The molecule has 0 radical (unpaired) electrons. The third-order valence-corrected chi connectivity index (χ3v) is 8.27. The zero-order valence-corrected chi connectivity index (χ0v) is 20.2. The molecule has 2 aliphatic rings. The van der Waals surface area contributed by atoms with Gasteiger partial charge < -0.3 is 10.6 Å². The molecule has 184 valence electrons. The second-order valence-electron chi connectivity index (χ2n) is 9.50. The summed E-state index contributed by atoms with van der Waals surface area (Å²) in [6.45, 7) is 3.67. The van der Waals surface area contributed by atoms with E-state index in [1.807, 2.05) is 12.1 Å². The Balaban J connectivity index is 1.29. The van der Waals surface area contributed by atoms with Crippen LogP contribution in [-0.2, 0) is 5.41 Å². The number of anilines is 1. The summed E-state index contributed by atoms with van der Waals surface area (Å²) < 4.78 is 29.5. The van der Waals surface area contributed by atoms with Crippen molar-refractivity contribution < 1.29 is 13.6 Å². The van der Waals surface area contributed by atoms with Gasteiger partial charge in [0.1, 0.15) is 23.0 Å². The summed E-state index contributed by atoms with van der Waals surface area (Å²) in [5.41, 5.74) is 6.97. The third kappa shape index (κ3) is 3.29. The van der Waals surface area contributed by atoms with Gasteiger partial charge in [-0.25, -0.2) is 18.7 Å². The van der Waals surface area contributed by atoms with E-state index in [9.17, 15) is 13.6 Å². The van der Waals surface area contributed by atoms with Crippen molar-refractivity contribution >= 4 is 34.5 Å². The summed E-state index contributed by atoms with van der Waals surface area (Å²) in [5.74, 6) is -0.176. The molecule has 36 heavy (non-hydrogen) atoms. The number of nitrogens with zero attached hydrogens (tertiary/aromatic N) is 4. The zero-order chi connectivity index (χ0) is 25.2. The fourth-order valence-corrected chi connectivity index (χ4v) is 6.45. The summed E-state index contributed by atoms with van der Waals surface area (Å²) in [6, 6.07) is 9.43. The topological polar surface area (TPSA) is 101 Å². The first-order valence-corrected chi connectivity index (χ1v) is 12.2. The van der Waals surface area contributed by atoms with Gasteiger partial charge in [0, 0.05) is 24.1 Å². The van der Waals surface area contributed by atoms with Crippen LogP contribution in [0, 0.1) is 23.5 Å². The number of nitrogens with one attached hydrogen (secondary N) is 1. The number of carbonyl (C=O) groups is 1. The molecule has 4 aromatic rings. The molecule has 3 atom stereocenters. The number of H-pyrrole nitrogens is 1. The molecule has 1 aliphatic carbocycles. The van der Waals surface area contributed by atoms with E-state index in [0.717, 1.165) is 37.6 Å². The van der Waals surface area contributed by atoms with Crippen molar-refractivity contribution in [3.63, 3.8) is 0 Å². The molecule has 1 aliphatic heterocycles. The molecule has 3 heterocycles. The third-order valence-electron chi connectivity index (χ3n) is 7.95. The number of amides is 1. The highest BCUT2D eigenvalue weighted by Gasteiger charge is 2.65. The lowest BCUT2D eigenvalue weighted by Crippen LogP contribution is -2.32. The molecule has 2 aromatic heterocycles. The fourth-order valence-electron chi connectivity index (χ4n) is 6.19. The van der Waals surface area contributed by atoms with Crippen molar-refractivity contribution in [3.05, 3.63) is 70.4 Å². The number of fused-ring (bicyclic) bond motifs is 2. The van der Waals surface area contributed by atoms with Crippen LogP contribution >= 0.6 is 11.6 Å². The smallest absolute Gasteiger partial charge is 0.250 e. The Bertz CT molecular complexity index is 1520. The average molecular weight is 509 g/mol. The Kier molecular flexibility index (Phi) is 5.22. The molecule has 6 rings (SSSR count). The number of hydrogen-bond acceptors (Lipinski definition) is 5. The molecule has 10 heteroatoms. The minimum atomic E-state index is -0.814. The van der Waals surface area contributed by atoms with Gasteiger partial charge in [-0.15, -0.1) is 0 Å². The van der Waals surface area contributed by atoms with Crippen LogP contribution in [0.4, 0.5) is 14.6 Å². The minimum absolute atomic E-state index is 0.0350. The van der Waals surface area contributed by atoms with Gasteiger partial charge in [0.05, 0.1) is 22.5 Å². The average Bonchev–Trinajstić information content (AvgIpc) is 3.33. The van der Waals surface area contributed by atoms with E-state index in [4.69, 9.17) is 17.3 Å². The van der Waals surface area contributed by atoms with Crippen LogP contribution in [0.25, 0.3) is 22.4 Å². The van der Waals surface area contributed by atoms with Crippen molar-refractivity contribution in [2.24, 2.45) is 17.6 Å². The standard InChI is InChI=1S/C26H23ClF2N6O/c1-2-26(16-5-3-4-6-19(16)28)15-7-8-35(12-17(15)26)21-11-31-23-22(33-34-25(23)32-21)14-9-18(27)13(24(30)36)10-20(14)29/h3-6,9-11,15,17H,2,7-8,12H2,1H3,(H2,30,36)(H,32,33,34)/t15-,17+,26-/m1/s1. The first-order chi connectivity index (χ1) is 17.3. The molecule has 7 nitrogen and oxygen atoms in total. The highest BCUT2D eigenvalue weighted by molar-refractivity contribution is 6.34. The maximum Gasteiger partial charge on any atom is 0.250 e. The second kappa shape index (κ2) is 8.23. The Labute approximate surface area is 210 Å². The van der Waals surface area contributed by atoms with Gasteiger partial charge >= 0.3 is 0 Å². The molecule has 0 unspecified atom stereocenters. The predicted molar refractivity (Wildman–Crippen MR) is 133 cm³/mol. The van der Waals surface area contributed by atoms with Gasteiger partial charge in [-0.1, -0.05) is 36.7 Å². The van der Waals surface area contributed by atoms with Gasteiger partial charge in [0.15, 0.2) is 0 Å². The zero-order valence-electron chi connectivity index (χ0n) is 19.4. The number of rotatable bonds is 5. The van der Waals surface area contributed by atoms with E-state index in [0.29, 0.717) is 34.5 Å². The highest BCUT2D eigenvalue weighted by atomic mass is 35.5. The summed E-state index contributed by atoms with van der Waals surface area (Å²) in [4.78, 5) is 22.8. The van der Waals surface area contributed by atoms with E-state index >= 15 is 0 Å². The number of nitrogens with two attached hydrogens (primary N) is 1. The van der Waals surface area contributed by atoms with Crippen molar-refractivity contribution in [2.45, 2.75) is 25.2 Å². The predicted octanol–water partition coefficient (Wildman–Crippen LogP) is 4.85. The van der Waals surface area contributed by atoms with E-state index in [1.54, 1.807) is 18.3 Å². The quantitative estimate of drug-likeness (QED) is 0.401. The summed E-state index contributed by atoms with van der Waals surface area (Å²) in [5, 5.41) is 7.06. The lowest BCUT2D eigenvalue weighted by atomic mass is 9.88. The number of benzene rings is 2. The minimum Gasteiger partial charge on any atom is -0.366 e. The molecular weight excluding hydrogens is 486 g/mol. The molecule has 0 bridgehead atoms. The van der Waals surface area contributed by atoms with Gasteiger partial charge in [-0.05, 0) is 48.4 Å².